The summed E-state index contributed by atoms with van der Waals surface area (Å²) >= 11 is 0. The van der Waals surface area contributed by atoms with E-state index in [0.29, 0.717) is 11.1 Å². The lowest BCUT2D eigenvalue weighted by atomic mass is 9.95. The summed E-state index contributed by atoms with van der Waals surface area (Å²) in [6, 6.07) is 9.03. The van der Waals surface area contributed by atoms with E-state index in [9.17, 15) is 9.90 Å². The van der Waals surface area contributed by atoms with Crippen LogP contribution in [0.2, 0.25) is 0 Å². The van der Waals surface area contributed by atoms with E-state index in [1.54, 1.807) is 24.3 Å². The average molecular weight is 215 g/mol. The quantitative estimate of drug-likeness (QED) is 0.579. The molecule has 0 aromatic heterocycles. The first-order valence-electron chi connectivity index (χ1n) is 5.09. The summed E-state index contributed by atoms with van der Waals surface area (Å²) in [4.78, 5) is 12.0. The van der Waals surface area contributed by atoms with Crippen LogP contribution in [0, 0.1) is 0 Å². The highest BCUT2D eigenvalue weighted by Crippen LogP contribution is 2.19. The van der Waals surface area contributed by atoms with Crippen molar-refractivity contribution in [3.63, 3.8) is 0 Å². The molecule has 3 nitrogen and oxygen atoms in total. The molecule has 0 radical (unpaired) electrons. The third-order valence-corrected chi connectivity index (χ3v) is 2.50. The zero-order valence-corrected chi connectivity index (χ0v) is 8.76. The second-order valence-electron chi connectivity index (χ2n) is 3.88. The third kappa shape index (κ3) is 2.27. The van der Waals surface area contributed by atoms with Crippen LogP contribution in [0.1, 0.15) is 16.8 Å². The van der Waals surface area contributed by atoms with Gasteiger partial charge in [0, 0.05) is 17.6 Å². The van der Waals surface area contributed by atoms with E-state index in [2.05, 4.69) is 0 Å². The maximum Gasteiger partial charge on any atom is 0.192 e. The first-order chi connectivity index (χ1) is 7.58. The van der Waals surface area contributed by atoms with Gasteiger partial charge < -0.3 is 10.8 Å². The lowest BCUT2D eigenvalue weighted by molar-refractivity contribution is 0.0975. The molecule has 1 aromatic carbocycles. The van der Waals surface area contributed by atoms with Crippen LogP contribution in [0.3, 0.4) is 0 Å². The molecule has 0 bridgehead atoms. The van der Waals surface area contributed by atoms with Crippen molar-refractivity contribution in [2.24, 2.45) is 5.73 Å². The topological polar surface area (TPSA) is 63.3 Å². The van der Waals surface area contributed by atoms with Crippen molar-refractivity contribution in [2.75, 3.05) is 0 Å². The number of ketones is 1. The van der Waals surface area contributed by atoms with Crippen molar-refractivity contribution in [3.8, 4) is 0 Å². The standard InChI is InChI=1S/C13H13NO2/c14-13(16)8-6-11(7-9-13)12(15)10-4-2-1-3-5-10/h1-8,16H,9,14H2. The minimum Gasteiger partial charge on any atom is -0.372 e. The molecule has 0 aliphatic heterocycles. The second kappa shape index (κ2) is 4.04. The fourth-order valence-corrected chi connectivity index (χ4v) is 1.57. The van der Waals surface area contributed by atoms with Crippen molar-refractivity contribution in [1.29, 1.82) is 0 Å². The van der Waals surface area contributed by atoms with E-state index in [0.717, 1.165) is 0 Å². The molecular weight excluding hydrogens is 202 g/mol. The molecule has 0 spiro atoms. The fraction of sp³-hybridized carbons (Fsp3) is 0.154. The number of Topliss-reactive ketones (excluding diaryl/α,β-unsaturated/α-hetero) is 1. The molecule has 16 heavy (non-hydrogen) atoms. The van der Waals surface area contributed by atoms with Crippen LogP contribution in [0.5, 0.6) is 0 Å². The van der Waals surface area contributed by atoms with Gasteiger partial charge >= 0.3 is 0 Å². The minimum atomic E-state index is -1.32. The Kier molecular flexibility index (Phi) is 2.73. The smallest absolute Gasteiger partial charge is 0.192 e. The number of hydrogen-bond acceptors (Lipinski definition) is 3. The van der Waals surface area contributed by atoms with Crippen molar-refractivity contribution >= 4 is 5.78 Å². The molecule has 1 aliphatic rings. The Hall–Kier alpha value is -1.71. The van der Waals surface area contributed by atoms with Gasteiger partial charge in [-0.15, -0.1) is 0 Å². The average Bonchev–Trinajstić information content (AvgIpc) is 2.29. The Bertz CT molecular complexity index is 458. The second-order valence-corrected chi connectivity index (χ2v) is 3.88. The molecule has 0 amide bonds. The first kappa shape index (κ1) is 10.8. The van der Waals surface area contributed by atoms with E-state index >= 15 is 0 Å². The van der Waals surface area contributed by atoms with E-state index in [4.69, 9.17) is 5.73 Å². The van der Waals surface area contributed by atoms with Gasteiger partial charge in [-0.1, -0.05) is 42.5 Å². The number of nitrogens with two attached hydrogens (primary N) is 1. The summed E-state index contributed by atoms with van der Waals surface area (Å²) in [5.41, 5.74) is 5.38. The molecule has 2 rings (SSSR count). The highest BCUT2D eigenvalue weighted by molar-refractivity contribution is 6.10. The zero-order valence-electron chi connectivity index (χ0n) is 8.76. The van der Waals surface area contributed by atoms with Gasteiger partial charge in [0.05, 0.1) is 0 Å². The predicted molar refractivity (Wildman–Crippen MR) is 61.7 cm³/mol. The van der Waals surface area contributed by atoms with Crippen molar-refractivity contribution in [2.45, 2.75) is 12.1 Å². The number of allylic oxidation sites excluding steroid dienone is 2. The molecule has 3 N–H and O–H groups in total. The molecule has 1 aromatic rings. The van der Waals surface area contributed by atoms with Crippen LogP contribution in [-0.4, -0.2) is 16.6 Å². The highest BCUT2D eigenvalue weighted by atomic mass is 16.3. The highest BCUT2D eigenvalue weighted by Gasteiger charge is 2.21. The van der Waals surface area contributed by atoms with Crippen LogP contribution in [-0.2, 0) is 0 Å². The number of hydrogen-bond donors (Lipinski definition) is 2. The number of rotatable bonds is 2. The Labute approximate surface area is 93.9 Å². The summed E-state index contributed by atoms with van der Waals surface area (Å²) in [5.74, 6) is -0.0487. The summed E-state index contributed by atoms with van der Waals surface area (Å²) in [6.45, 7) is 0. The lowest BCUT2D eigenvalue weighted by Crippen LogP contribution is -2.37. The summed E-state index contributed by atoms with van der Waals surface area (Å²) < 4.78 is 0. The van der Waals surface area contributed by atoms with Crippen LogP contribution < -0.4 is 5.73 Å². The van der Waals surface area contributed by atoms with Gasteiger partial charge in [-0.3, -0.25) is 4.79 Å². The summed E-state index contributed by atoms with van der Waals surface area (Å²) in [6.07, 6.45) is 4.94. The van der Waals surface area contributed by atoms with Gasteiger partial charge in [-0.05, 0) is 6.08 Å². The van der Waals surface area contributed by atoms with Crippen molar-refractivity contribution in [3.05, 3.63) is 59.7 Å². The minimum absolute atomic E-state index is 0.0487. The van der Waals surface area contributed by atoms with Crippen molar-refractivity contribution < 1.29 is 9.90 Å². The first-order valence-corrected chi connectivity index (χ1v) is 5.09. The van der Waals surface area contributed by atoms with Crippen LogP contribution in [0.4, 0.5) is 0 Å². The summed E-state index contributed by atoms with van der Waals surface area (Å²) in [5, 5.41) is 9.48. The Morgan fingerprint density at radius 3 is 2.56 bits per heavy atom. The predicted octanol–water partition coefficient (Wildman–Crippen LogP) is 1.40. The van der Waals surface area contributed by atoms with Gasteiger partial charge in [-0.25, -0.2) is 0 Å². The molecule has 1 unspecified atom stereocenters. The molecule has 0 fully saturated rings. The SMILES string of the molecule is NC1(O)C=CC(C(=O)c2ccccc2)=CC1. The molecule has 1 aliphatic carbocycles. The van der Waals surface area contributed by atoms with Crippen LogP contribution in [0.25, 0.3) is 0 Å². The van der Waals surface area contributed by atoms with Gasteiger partial charge in [0.2, 0.25) is 0 Å². The van der Waals surface area contributed by atoms with Crippen molar-refractivity contribution in [1.82, 2.24) is 0 Å². The number of aliphatic hydroxyl groups is 1. The number of carbonyl (C=O) groups is 1. The maximum absolute atomic E-state index is 12.0. The molecule has 0 saturated carbocycles. The number of benzene rings is 1. The van der Waals surface area contributed by atoms with E-state index in [-0.39, 0.29) is 12.2 Å². The molecule has 1 atom stereocenters. The molecule has 0 heterocycles. The third-order valence-electron chi connectivity index (χ3n) is 2.50. The monoisotopic (exact) mass is 215 g/mol. The molecule has 82 valence electrons. The summed E-state index contributed by atoms with van der Waals surface area (Å²) in [7, 11) is 0. The fourth-order valence-electron chi connectivity index (χ4n) is 1.57. The van der Waals surface area contributed by atoms with Crippen LogP contribution >= 0.6 is 0 Å². The Morgan fingerprint density at radius 1 is 1.31 bits per heavy atom. The Morgan fingerprint density at radius 2 is 2.00 bits per heavy atom. The largest absolute Gasteiger partial charge is 0.372 e. The normalized spacial score (nSPS) is 24.0. The molecule has 0 saturated heterocycles. The van der Waals surface area contributed by atoms with Gasteiger partial charge in [0.15, 0.2) is 5.78 Å². The number of carbonyl (C=O) groups excluding carboxylic acids is 1. The van der Waals surface area contributed by atoms with Gasteiger partial charge in [0.1, 0.15) is 5.72 Å². The van der Waals surface area contributed by atoms with E-state index < -0.39 is 5.72 Å². The van der Waals surface area contributed by atoms with Gasteiger partial charge in [0.25, 0.3) is 0 Å². The maximum atomic E-state index is 12.0. The van der Waals surface area contributed by atoms with E-state index in [1.807, 2.05) is 18.2 Å². The van der Waals surface area contributed by atoms with Gasteiger partial charge in [-0.2, -0.15) is 0 Å². The zero-order chi connectivity index (χ0) is 11.6. The Balaban J connectivity index is 2.20. The lowest BCUT2D eigenvalue weighted by Gasteiger charge is -2.20. The molecular formula is C13H13NO2. The molecule has 3 heteroatoms. The van der Waals surface area contributed by atoms with E-state index in [1.165, 1.54) is 6.08 Å². The van der Waals surface area contributed by atoms with Crippen LogP contribution in [0.15, 0.2) is 54.1 Å².